The fourth-order valence-corrected chi connectivity index (χ4v) is 4.06. The van der Waals surface area contributed by atoms with Gasteiger partial charge in [0, 0.05) is 44.2 Å². The van der Waals surface area contributed by atoms with Crippen LogP contribution in [0.4, 0.5) is 4.39 Å². The van der Waals surface area contributed by atoms with Crippen molar-refractivity contribution in [3.8, 4) is 0 Å². The molecular weight excluding hydrogens is 375 g/mol. The Labute approximate surface area is 167 Å². The lowest BCUT2D eigenvalue weighted by atomic mass is 9.92. The van der Waals surface area contributed by atoms with Crippen LogP contribution >= 0.6 is 0 Å². The molecule has 2 aliphatic rings. The van der Waals surface area contributed by atoms with Gasteiger partial charge < -0.3 is 10.2 Å². The largest absolute Gasteiger partial charge is 0.353 e. The molecule has 152 valence electrons. The summed E-state index contributed by atoms with van der Waals surface area (Å²) in [6.07, 6.45) is 2.12. The minimum atomic E-state index is -0.447. The van der Waals surface area contributed by atoms with E-state index in [4.69, 9.17) is 0 Å². The highest BCUT2D eigenvalue weighted by Gasteiger charge is 2.35. The molecule has 4 rings (SSSR count). The zero-order valence-corrected chi connectivity index (χ0v) is 16.2. The van der Waals surface area contributed by atoms with Crippen molar-refractivity contribution in [1.82, 2.24) is 20.0 Å². The van der Waals surface area contributed by atoms with Crippen LogP contribution in [0.1, 0.15) is 29.7 Å². The summed E-state index contributed by atoms with van der Waals surface area (Å²) in [6, 6.07) is 7.84. The van der Waals surface area contributed by atoms with Crippen LogP contribution in [-0.4, -0.2) is 39.1 Å². The predicted octanol–water partition coefficient (Wildman–Crippen LogP) is 0.942. The highest BCUT2D eigenvalue weighted by atomic mass is 19.1. The Morgan fingerprint density at radius 3 is 2.86 bits per heavy atom. The molecule has 1 N–H and O–H groups in total. The molecule has 0 spiro atoms. The van der Waals surface area contributed by atoms with E-state index in [1.165, 1.54) is 15.6 Å². The molecule has 0 bridgehead atoms. The van der Waals surface area contributed by atoms with Crippen LogP contribution < -0.4 is 10.9 Å². The standard InChI is InChI=1S/C21H23FN4O3/c1-25-19(27)9-14-8-16(6-7-18(14)24-25)23-21(29)15-10-20(28)26(12-15)11-13-4-2-3-5-17(13)22/h2-5,9,15-16H,6-8,10-12H2,1H3,(H,23,29). The molecule has 2 atom stereocenters. The number of aryl methyl sites for hydroxylation is 2. The molecule has 2 aromatic rings. The molecular formula is C21H23FN4O3. The number of fused-ring (bicyclic) bond motifs is 1. The van der Waals surface area contributed by atoms with E-state index < -0.39 is 5.92 Å². The Morgan fingerprint density at radius 2 is 2.07 bits per heavy atom. The van der Waals surface area contributed by atoms with Crippen LogP contribution in [0.15, 0.2) is 35.1 Å². The Bertz CT molecular complexity index is 1020. The number of rotatable bonds is 4. The summed E-state index contributed by atoms with van der Waals surface area (Å²) in [5.74, 6) is -1.11. The van der Waals surface area contributed by atoms with Crippen LogP contribution in [0.2, 0.25) is 0 Å². The first kappa shape index (κ1) is 19.3. The van der Waals surface area contributed by atoms with Gasteiger partial charge >= 0.3 is 0 Å². The Balaban J connectivity index is 1.37. The van der Waals surface area contributed by atoms with E-state index >= 15 is 0 Å². The van der Waals surface area contributed by atoms with Crippen LogP contribution in [-0.2, 0) is 36.0 Å². The third kappa shape index (κ3) is 4.06. The SMILES string of the molecule is Cn1nc2c(cc1=O)CC(NC(=O)C1CC(=O)N(Cc3ccccc3F)C1)CC2. The van der Waals surface area contributed by atoms with Gasteiger partial charge in [0.15, 0.2) is 0 Å². The third-order valence-corrected chi connectivity index (χ3v) is 5.70. The van der Waals surface area contributed by atoms with Gasteiger partial charge in [-0.15, -0.1) is 0 Å². The molecule has 1 aromatic carbocycles. The number of carbonyl (C=O) groups is 2. The van der Waals surface area contributed by atoms with Crippen LogP contribution in [0.5, 0.6) is 0 Å². The van der Waals surface area contributed by atoms with Crippen molar-refractivity contribution < 1.29 is 14.0 Å². The fraction of sp³-hybridized carbons (Fsp3) is 0.429. The molecule has 7 nitrogen and oxygen atoms in total. The van der Waals surface area contributed by atoms with Crippen LogP contribution in [0.3, 0.4) is 0 Å². The minimum Gasteiger partial charge on any atom is -0.353 e. The number of hydrogen-bond acceptors (Lipinski definition) is 4. The van der Waals surface area contributed by atoms with E-state index in [0.29, 0.717) is 18.4 Å². The quantitative estimate of drug-likeness (QED) is 0.831. The molecule has 0 saturated carbocycles. The number of benzene rings is 1. The second-order valence-electron chi connectivity index (χ2n) is 7.79. The van der Waals surface area contributed by atoms with Gasteiger partial charge in [-0.1, -0.05) is 18.2 Å². The highest BCUT2D eigenvalue weighted by molar-refractivity contribution is 5.89. The summed E-state index contributed by atoms with van der Waals surface area (Å²) in [5, 5.41) is 7.30. The lowest BCUT2D eigenvalue weighted by Crippen LogP contribution is -2.43. The number of nitrogens with zero attached hydrogens (tertiary/aromatic N) is 3. The first-order chi connectivity index (χ1) is 13.9. The first-order valence-corrected chi connectivity index (χ1v) is 9.78. The van der Waals surface area contributed by atoms with Gasteiger partial charge in [0.2, 0.25) is 11.8 Å². The number of amides is 2. The number of carbonyl (C=O) groups excluding carboxylic acids is 2. The van der Waals surface area contributed by atoms with E-state index in [2.05, 4.69) is 10.4 Å². The maximum atomic E-state index is 13.9. The number of likely N-dealkylation sites (tertiary alicyclic amines) is 1. The van der Waals surface area contributed by atoms with Crippen molar-refractivity contribution in [1.29, 1.82) is 0 Å². The average Bonchev–Trinajstić information content (AvgIpc) is 3.05. The summed E-state index contributed by atoms with van der Waals surface area (Å²) in [6.45, 7) is 0.450. The summed E-state index contributed by atoms with van der Waals surface area (Å²) in [7, 11) is 1.63. The Hall–Kier alpha value is -3.03. The maximum absolute atomic E-state index is 13.9. The van der Waals surface area contributed by atoms with Crippen molar-refractivity contribution in [3.05, 3.63) is 63.3 Å². The summed E-state index contributed by atoms with van der Waals surface area (Å²) in [4.78, 5) is 38.4. The number of hydrogen-bond donors (Lipinski definition) is 1. The lowest BCUT2D eigenvalue weighted by Gasteiger charge is -2.26. The van der Waals surface area contributed by atoms with Crippen LogP contribution in [0, 0.1) is 11.7 Å². The van der Waals surface area contributed by atoms with Gasteiger partial charge in [0.25, 0.3) is 5.56 Å². The number of aromatic nitrogens is 2. The lowest BCUT2D eigenvalue weighted by molar-refractivity contribution is -0.129. The second kappa shape index (κ2) is 7.77. The monoisotopic (exact) mass is 398 g/mol. The van der Waals surface area contributed by atoms with E-state index in [9.17, 15) is 18.8 Å². The van der Waals surface area contributed by atoms with Crippen molar-refractivity contribution in [2.45, 2.75) is 38.3 Å². The average molecular weight is 398 g/mol. The van der Waals surface area contributed by atoms with Crippen molar-refractivity contribution in [3.63, 3.8) is 0 Å². The summed E-state index contributed by atoms with van der Waals surface area (Å²) < 4.78 is 15.2. The minimum absolute atomic E-state index is 0.0837. The highest BCUT2D eigenvalue weighted by Crippen LogP contribution is 2.23. The van der Waals surface area contributed by atoms with E-state index in [1.54, 1.807) is 31.3 Å². The van der Waals surface area contributed by atoms with Gasteiger partial charge in [-0.3, -0.25) is 14.4 Å². The molecule has 1 aliphatic carbocycles. The third-order valence-electron chi connectivity index (χ3n) is 5.70. The van der Waals surface area contributed by atoms with Gasteiger partial charge in [-0.2, -0.15) is 5.10 Å². The molecule has 0 radical (unpaired) electrons. The molecule has 2 unspecified atom stereocenters. The van der Waals surface area contributed by atoms with Gasteiger partial charge in [0.1, 0.15) is 5.82 Å². The van der Waals surface area contributed by atoms with Gasteiger partial charge in [-0.05, 0) is 30.9 Å². The molecule has 8 heteroatoms. The van der Waals surface area contributed by atoms with Crippen molar-refractivity contribution in [2.24, 2.45) is 13.0 Å². The smallest absolute Gasteiger partial charge is 0.266 e. The van der Waals surface area contributed by atoms with Crippen molar-refractivity contribution >= 4 is 11.8 Å². The molecule has 1 fully saturated rings. The molecule has 29 heavy (non-hydrogen) atoms. The molecule has 2 heterocycles. The molecule has 2 amide bonds. The van der Waals surface area contributed by atoms with Crippen LogP contribution in [0.25, 0.3) is 0 Å². The Morgan fingerprint density at radius 1 is 1.28 bits per heavy atom. The molecule has 1 aliphatic heterocycles. The zero-order valence-electron chi connectivity index (χ0n) is 16.2. The maximum Gasteiger partial charge on any atom is 0.266 e. The second-order valence-corrected chi connectivity index (χ2v) is 7.79. The number of halogens is 1. The summed E-state index contributed by atoms with van der Waals surface area (Å²) in [5.41, 5.74) is 2.04. The summed E-state index contributed by atoms with van der Waals surface area (Å²) >= 11 is 0. The Kier molecular flexibility index (Phi) is 5.17. The number of nitrogens with one attached hydrogen (secondary N) is 1. The molecule has 1 aromatic heterocycles. The van der Waals surface area contributed by atoms with Gasteiger partial charge in [0.05, 0.1) is 11.6 Å². The zero-order chi connectivity index (χ0) is 20.5. The predicted molar refractivity (Wildman–Crippen MR) is 103 cm³/mol. The van der Waals surface area contributed by atoms with Gasteiger partial charge in [-0.25, -0.2) is 9.07 Å². The molecule has 1 saturated heterocycles. The van der Waals surface area contributed by atoms with E-state index in [1.807, 2.05) is 0 Å². The van der Waals surface area contributed by atoms with Crippen molar-refractivity contribution in [2.75, 3.05) is 6.54 Å². The fourth-order valence-electron chi connectivity index (χ4n) is 4.06. The topological polar surface area (TPSA) is 84.3 Å². The first-order valence-electron chi connectivity index (χ1n) is 9.78. The normalized spacial score (nSPS) is 21.2. The van der Waals surface area contributed by atoms with E-state index in [0.717, 1.165) is 17.7 Å². The van der Waals surface area contributed by atoms with E-state index in [-0.39, 0.29) is 48.7 Å².